The van der Waals surface area contributed by atoms with Crippen molar-refractivity contribution >= 4 is 21.4 Å². The second kappa shape index (κ2) is 9.39. The summed E-state index contributed by atoms with van der Waals surface area (Å²) in [6.07, 6.45) is 0.245. The molecule has 5 rings (SSSR count). The highest BCUT2D eigenvalue weighted by Gasteiger charge is 2.20. The van der Waals surface area contributed by atoms with Crippen LogP contribution in [-0.2, 0) is 16.4 Å². The molecule has 0 spiro atoms. The molecule has 0 aliphatic carbocycles. The summed E-state index contributed by atoms with van der Waals surface area (Å²) in [4.78, 5) is 17.8. The third-order valence-electron chi connectivity index (χ3n) is 5.68. The number of nitrogens with two attached hydrogens (primary N) is 1. The van der Waals surface area contributed by atoms with Crippen molar-refractivity contribution in [3.63, 3.8) is 0 Å². The number of nitrogens with one attached hydrogen (secondary N) is 1. The van der Waals surface area contributed by atoms with E-state index >= 15 is 0 Å². The molecule has 3 N–H and O–H groups in total. The van der Waals surface area contributed by atoms with Gasteiger partial charge in [0.1, 0.15) is 6.07 Å². The topological polar surface area (TPSA) is 135 Å². The second-order valence-electron chi connectivity index (χ2n) is 8.05. The zero-order chi connectivity index (χ0) is 25.3. The van der Waals surface area contributed by atoms with Gasteiger partial charge in [0.2, 0.25) is 15.2 Å². The molecule has 0 atom stereocenters. The average molecular weight is 514 g/mol. The number of nitrogens with zero attached hydrogens (tertiary/aromatic N) is 3. The Morgan fingerprint density at radius 2 is 1.67 bits per heavy atom. The van der Waals surface area contributed by atoms with Crippen LogP contribution in [0.5, 0.6) is 0 Å². The van der Waals surface area contributed by atoms with Crippen LogP contribution in [0.25, 0.3) is 27.5 Å². The third kappa shape index (κ3) is 4.63. The first-order chi connectivity index (χ1) is 17.3. The Morgan fingerprint density at radius 1 is 0.972 bits per heavy atom. The van der Waals surface area contributed by atoms with E-state index in [1.807, 2.05) is 60.7 Å². The molecule has 0 radical (unpaired) electrons. The molecule has 2 aromatic heterocycles. The fraction of sp³-hybridized carbons (Fsp3) is 0.0385. The summed E-state index contributed by atoms with van der Waals surface area (Å²) in [6.45, 7) is 0. The zero-order valence-electron chi connectivity index (χ0n) is 18.8. The van der Waals surface area contributed by atoms with E-state index in [-0.39, 0.29) is 22.6 Å². The van der Waals surface area contributed by atoms with Crippen molar-refractivity contribution in [3.05, 3.63) is 111 Å². The highest BCUT2D eigenvalue weighted by molar-refractivity contribution is 7.89. The van der Waals surface area contributed by atoms with Gasteiger partial charge in [-0.25, -0.2) is 18.5 Å². The van der Waals surface area contributed by atoms with E-state index in [2.05, 4.69) is 10.1 Å². The first-order valence-electron chi connectivity index (χ1n) is 10.8. The molecule has 2 heterocycles. The van der Waals surface area contributed by atoms with E-state index in [1.165, 1.54) is 28.2 Å². The Balaban J connectivity index is 1.63. The minimum absolute atomic E-state index is 0.000309. The van der Waals surface area contributed by atoms with Crippen molar-refractivity contribution in [2.45, 2.75) is 11.3 Å². The van der Waals surface area contributed by atoms with Gasteiger partial charge in [-0.3, -0.25) is 9.89 Å². The van der Waals surface area contributed by atoms with Crippen LogP contribution in [0.2, 0.25) is 0 Å². The van der Waals surface area contributed by atoms with Gasteiger partial charge in [-0.05, 0) is 34.9 Å². The molecule has 0 amide bonds. The van der Waals surface area contributed by atoms with E-state index in [0.29, 0.717) is 16.4 Å². The van der Waals surface area contributed by atoms with Crippen molar-refractivity contribution in [1.29, 1.82) is 5.26 Å². The normalized spacial score (nSPS) is 11.3. The number of rotatable bonds is 6. The summed E-state index contributed by atoms with van der Waals surface area (Å²) in [6, 6.07) is 25.9. The molecular weight excluding hydrogens is 494 g/mol. The highest BCUT2D eigenvalue weighted by atomic mass is 32.2. The number of hydrogen-bond acceptors (Lipinski definition) is 6. The summed E-state index contributed by atoms with van der Waals surface area (Å²) < 4.78 is 24.6. The van der Waals surface area contributed by atoms with Gasteiger partial charge in [0, 0.05) is 22.9 Å². The number of aromatic amines is 1. The standard InChI is InChI=1S/C26H19N5O3S2/c27-15-21-16-35-26(29-21)31-25(32)23(13-17-9-11-22(12-10-17)36(28,33)34)24(30-31)20-8-4-7-19(14-20)18-5-2-1-3-6-18/h1-12,14,16,30H,13H2,(H2,28,33,34). The van der Waals surface area contributed by atoms with E-state index in [0.717, 1.165) is 22.3 Å². The van der Waals surface area contributed by atoms with Gasteiger partial charge in [-0.15, -0.1) is 11.3 Å². The third-order valence-corrected chi connectivity index (χ3v) is 7.43. The maximum Gasteiger partial charge on any atom is 0.277 e. The minimum atomic E-state index is -3.82. The van der Waals surface area contributed by atoms with Crippen LogP contribution in [0.3, 0.4) is 0 Å². The fourth-order valence-corrected chi connectivity index (χ4v) is 5.14. The maximum atomic E-state index is 13.5. The lowest BCUT2D eigenvalue weighted by Gasteiger charge is -2.07. The number of benzene rings is 3. The summed E-state index contributed by atoms with van der Waals surface area (Å²) in [5.41, 5.74) is 4.60. The number of nitriles is 1. The number of thiazole rings is 1. The van der Waals surface area contributed by atoms with Gasteiger partial charge in [-0.1, -0.05) is 60.7 Å². The molecule has 0 unspecified atom stereocenters. The SMILES string of the molecule is N#Cc1csc(-n2[nH]c(-c3cccc(-c4ccccc4)c3)c(Cc3ccc(S(N)(=O)=O)cc3)c2=O)n1. The van der Waals surface area contributed by atoms with Crippen LogP contribution in [0.4, 0.5) is 0 Å². The molecule has 0 fully saturated rings. The molecule has 0 bridgehead atoms. The van der Waals surface area contributed by atoms with Gasteiger partial charge in [0.15, 0.2) is 5.69 Å². The van der Waals surface area contributed by atoms with E-state index in [1.54, 1.807) is 17.5 Å². The number of sulfonamides is 1. The minimum Gasteiger partial charge on any atom is -0.288 e. The fourth-order valence-electron chi connectivity index (χ4n) is 3.91. The number of hydrogen-bond donors (Lipinski definition) is 2. The lowest BCUT2D eigenvalue weighted by Crippen LogP contribution is -2.17. The first-order valence-corrected chi connectivity index (χ1v) is 13.2. The van der Waals surface area contributed by atoms with Crippen LogP contribution < -0.4 is 10.7 Å². The molecule has 0 saturated heterocycles. The van der Waals surface area contributed by atoms with E-state index in [9.17, 15) is 13.2 Å². The smallest absolute Gasteiger partial charge is 0.277 e. The second-order valence-corrected chi connectivity index (χ2v) is 10.4. The van der Waals surface area contributed by atoms with Crippen LogP contribution in [-0.4, -0.2) is 23.2 Å². The predicted molar refractivity (Wildman–Crippen MR) is 138 cm³/mol. The summed E-state index contributed by atoms with van der Waals surface area (Å²) >= 11 is 1.19. The van der Waals surface area contributed by atoms with E-state index < -0.39 is 10.0 Å². The summed E-state index contributed by atoms with van der Waals surface area (Å²) in [5, 5.41) is 19.5. The average Bonchev–Trinajstić information content (AvgIpc) is 3.49. The lowest BCUT2D eigenvalue weighted by molar-refractivity contribution is 0.598. The summed E-state index contributed by atoms with van der Waals surface area (Å²) in [7, 11) is -3.82. The largest absolute Gasteiger partial charge is 0.288 e. The van der Waals surface area contributed by atoms with Gasteiger partial charge >= 0.3 is 0 Å². The summed E-state index contributed by atoms with van der Waals surface area (Å²) in [5.74, 6) is 0. The molecule has 3 aromatic carbocycles. The van der Waals surface area contributed by atoms with Crippen LogP contribution in [0.15, 0.2) is 93.9 Å². The van der Waals surface area contributed by atoms with Gasteiger partial charge in [-0.2, -0.15) is 9.94 Å². The molecular formula is C26H19N5O3S2. The van der Waals surface area contributed by atoms with Crippen molar-refractivity contribution < 1.29 is 8.42 Å². The molecule has 178 valence electrons. The Hall–Kier alpha value is -4.30. The van der Waals surface area contributed by atoms with Crippen LogP contribution in [0, 0.1) is 11.3 Å². The monoisotopic (exact) mass is 513 g/mol. The number of primary sulfonamides is 1. The molecule has 0 saturated carbocycles. The van der Waals surface area contributed by atoms with Gasteiger partial charge in [0.05, 0.1) is 10.6 Å². The van der Waals surface area contributed by atoms with Crippen LogP contribution >= 0.6 is 11.3 Å². The molecule has 0 aliphatic rings. The highest BCUT2D eigenvalue weighted by Crippen LogP contribution is 2.28. The maximum absolute atomic E-state index is 13.5. The van der Waals surface area contributed by atoms with Crippen LogP contribution in [0.1, 0.15) is 16.8 Å². The van der Waals surface area contributed by atoms with Crippen molar-refractivity contribution in [2.24, 2.45) is 5.14 Å². The van der Waals surface area contributed by atoms with Crippen molar-refractivity contribution in [2.75, 3.05) is 0 Å². The number of H-pyrrole nitrogens is 1. The Kier molecular flexibility index (Phi) is 6.12. The molecule has 10 heteroatoms. The van der Waals surface area contributed by atoms with Crippen molar-refractivity contribution in [1.82, 2.24) is 14.8 Å². The molecule has 8 nitrogen and oxygen atoms in total. The first kappa shape index (κ1) is 23.4. The van der Waals surface area contributed by atoms with Gasteiger partial charge in [0.25, 0.3) is 5.56 Å². The molecule has 0 aliphatic heterocycles. The Labute approximate surface area is 211 Å². The van der Waals surface area contributed by atoms with E-state index in [4.69, 9.17) is 10.4 Å². The van der Waals surface area contributed by atoms with Gasteiger partial charge < -0.3 is 0 Å². The predicted octanol–water partition coefficient (Wildman–Crippen LogP) is 4.07. The molecule has 5 aromatic rings. The number of aromatic nitrogens is 3. The van der Waals surface area contributed by atoms with Crippen molar-refractivity contribution in [3.8, 4) is 33.6 Å². The Morgan fingerprint density at radius 3 is 2.33 bits per heavy atom. The lowest BCUT2D eigenvalue weighted by atomic mass is 9.98. The Bertz CT molecular complexity index is 1760. The quantitative estimate of drug-likeness (QED) is 0.353. The molecule has 36 heavy (non-hydrogen) atoms. The zero-order valence-corrected chi connectivity index (χ0v) is 20.4.